The van der Waals surface area contributed by atoms with Gasteiger partial charge in [-0.3, -0.25) is 14.3 Å². The number of fused-ring (bicyclic) bond motifs is 1. The second-order valence-electron chi connectivity index (χ2n) is 6.13. The van der Waals surface area contributed by atoms with Crippen LogP contribution in [0.3, 0.4) is 0 Å². The molecular formula is C19H22N4O3. The van der Waals surface area contributed by atoms with Crippen molar-refractivity contribution in [1.82, 2.24) is 9.78 Å². The average Bonchev–Trinajstić information content (AvgIpc) is 3.09. The molecule has 7 heteroatoms. The standard InChI is InChI=1S/C19H22N4O3/c1-4-6-23-11-12(10-20-23)13-8-19(25)21-15-9-16(22-18(24)5-2)17(26-3)7-14(13)15/h4,7,9-11,13H,1,5-6,8H2,2-3H3,(H,21,25)(H,22,24). The highest BCUT2D eigenvalue weighted by Gasteiger charge is 2.29. The number of aromatic nitrogens is 2. The van der Waals surface area contributed by atoms with Gasteiger partial charge in [-0.15, -0.1) is 6.58 Å². The fourth-order valence-corrected chi connectivity index (χ4v) is 3.08. The third-order valence-electron chi connectivity index (χ3n) is 4.38. The molecule has 0 fully saturated rings. The average molecular weight is 354 g/mol. The van der Waals surface area contributed by atoms with Crippen LogP contribution in [0.5, 0.6) is 5.75 Å². The van der Waals surface area contributed by atoms with Gasteiger partial charge in [-0.1, -0.05) is 13.0 Å². The summed E-state index contributed by atoms with van der Waals surface area (Å²) in [6, 6.07) is 3.62. The molecule has 0 saturated carbocycles. The monoisotopic (exact) mass is 354 g/mol. The van der Waals surface area contributed by atoms with E-state index in [9.17, 15) is 9.59 Å². The van der Waals surface area contributed by atoms with Crippen molar-refractivity contribution >= 4 is 23.2 Å². The Morgan fingerprint density at radius 2 is 2.35 bits per heavy atom. The van der Waals surface area contributed by atoms with E-state index in [0.29, 0.717) is 36.5 Å². The molecule has 2 heterocycles. The normalized spacial score (nSPS) is 15.8. The van der Waals surface area contributed by atoms with Gasteiger partial charge in [-0.05, 0) is 23.3 Å². The molecule has 1 aromatic heterocycles. The largest absolute Gasteiger partial charge is 0.495 e. The minimum absolute atomic E-state index is 0.0723. The molecule has 0 radical (unpaired) electrons. The molecule has 1 aromatic carbocycles. The van der Waals surface area contributed by atoms with Crippen molar-refractivity contribution in [1.29, 1.82) is 0 Å². The quantitative estimate of drug-likeness (QED) is 0.781. The maximum atomic E-state index is 12.2. The van der Waals surface area contributed by atoms with Crippen molar-refractivity contribution in [3.05, 3.63) is 48.3 Å². The molecule has 0 spiro atoms. The van der Waals surface area contributed by atoms with E-state index in [1.807, 2.05) is 12.3 Å². The van der Waals surface area contributed by atoms with Gasteiger partial charge in [0.2, 0.25) is 11.8 Å². The summed E-state index contributed by atoms with van der Waals surface area (Å²) < 4.78 is 7.23. The number of nitrogens with zero attached hydrogens (tertiary/aromatic N) is 2. The van der Waals surface area contributed by atoms with Gasteiger partial charge < -0.3 is 15.4 Å². The van der Waals surface area contributed by atoms with Crippen LogP contribution in [0.2, 0.25) is 0 Å². The van der Waals surface area contributed by atoms with Crippen molar-refractivity contribution in [3.63, 3.8) is 0 Å². The fraction of sp³-hybridized carbons (Fsp3) is 0.316. The van der Waals surface area contributed by atoms with Crippen molar-refractivity contribution in [2.24, 2.45) is 0 Å². The molecule has 2 amide bonds. The van der Waals surface area contributed by atoms with Crippen molar-refractivity contribution in [2.75, 3.05) is 17.7 Å². The van der Waals surface area contributed by atoms with E-state index >= 15 is 0 Å². The van der Waals surface area contributed by atoms with Crippen LogP contribution in [0.15, 0.2) is 37.2 Å². The molecule has 0 saturated heterocycles. The van der Waals surface area contributed by atoms with E-state index in [-0.39, 0.29) is 17.7 Å². The van der Waals surface area contributed by atoms with Crippen molar-refractivity contribution < 1.29 is 14.3 Å². The number of anilines is 2. The molecule has 2 N–H and O–H groups in total. The second-order valence-corrected chi connectivity index (χ2v) is 6.13. The molecule has 0 aliphatic carbocycles. The minimum Gasteiger partial charge on any atom is -0.495 e. The zero-order valence-electron chi connectivity index (χ0n) is 14.9. The fourth-order valence-electron chi connectivity index (χ4n) is 3.08. The maximum Gasteiger partial charge on any atom is 0.225 e. The number of ether oxygens (including phenoxy) is 1. The van der Waals surface area contributed by atoms with Crippen LogP contribution in [0.1, 0.15) is 36.8 Å². The lowest BCUT2D eigenvalue weighted by atomic mass is 9.86. The first kappa shape index (κ1) is 17.7. The number of carbonyl (C=O) groups excluding carboxylic acids is 2. The summed E-state index contributed by atoms with van der Waals surface area (Å²) >= 11 is 0. The number of methoxy groups -OCH3 is 1. The van der Waals surface area contributed by atoms with E-state index in [1.54, 1.807) is 37.1 Å². The maximum absolute atomic E-state index is 12.2. The first-order valence-corrected chi connectivity index (χ1v) is 8.50. The van der Waals surface area contributed by atoms with Crippen LogP contribution in [0, 0.1) is 0 Å². The van der Waals surface area contributed by atoms with Gasteiger partial charge in [0.15, 0.2) is 0 Å². The Morgan fingerprint density at radius 1 is 1.54 bits per heavy atom. The number of nitrogens with one attached hydrogen (secondary N) is 2. The number of allylic oxidation sites excluding steroid dienone is 1. The second kappa shape index (κ2) is 7.43. The zero-order chi connectivity index (χ0) is 18.7. The van der Waals surface area contributed by atoms with Crippen LogP contribution in [-0.2, 0) is 16.1 Å². The van der Waals surface area contributed by atoms with E-state index in [1.165, 1.54) is 0 Å². The predicted octanol–water partition coefficient (Wildman–Crippen LogP) is 2.90. The molecule has 136 valence electrons. The van der Waals surface area contributed by atoms with Gasteiger partial charge in [-0.2, -0.15) is 5.10 Å². The molecule has 26 heavy (non-hydrogen) atoms. The van der Waals surface area contributed by atoms with Crippen LogP contribution in [0.4, 0.5) is 11.4 Å². The zero-order valence-corrected chi connectivity index (χ0v) is 14.9. The van der Waals surface area contributed by atoms with Gasteiger partial charge >= 0.3 is 0 Å². The summed E-state index contributed by atoms with van der Waals surface area (Å²) in [6.07, 6.45) is 6.15. The summed E-state index contributed by atoms with van der Waals surface area (Å²) in [7, 11) is 1.56. The van der Waals surface area contributed by atoms with E-state index in [4.69, 9.17) is 4.74 Å². The lowest BCUT2D eigenvalue weighted by molar-refractivity contribution is -0.117. The molecule has 1 aliphatic heterocycles. The highest BCUT2D eigenvalue weighted by atomic mass is 16.5. The predicted molar refractivity (Wildman–Crippen MR) is 99.4 cm³/mol. The Balaban J connectivity index is 2.02. The molecule has 1 atom stereocenters. The highest BCUT2D eigenvalue weighted by molar-refractivity contribution is 5.98. The van der Waals surface area contributed by atoms with Gasteiger partial charge in [-0.25, -0.2) is 0 Å². The van der Waals surface area contributed by atoms with Crippen LogP contribution < -0.4 is 15.4 Å². The van der Waals surface area contributed by atoms with Crippen LogP contribution in [0.25, 0.3) is 0 Å². The third kappa shape index (κ3) is 3.46. The van der Waals surface area contributed by atoms with E-state index in [2.05, 4.69) is 22.3 Å². The SMILES string of the molecule is C=CCn1cc(C2CC(=O)Nc3cc(NC(=O)CC)c(OC)cc32)cn1. The lowest BCUT2D eigenvalue weighted by Gasteiger charge is -2.26. The molecule has 3 rings (SSSR count). The molecule has 1 unspecified atom stereocenters. The Hall–Kier alpha value is -3.09. The number of amides is 2. The summed E-state index contributed by atoms with van der Waals surface area (Å²) in [5, 5.41) is 10.0. The van der Waals surface area contributed by atoms with E-state index < -0.39 is 0 Å². The topological polar surface area (TPSA) is 85.2 Å². The first-order valence-electron chi connectivity index (χ1n) is 8.50. The first-order chi connectivity index (χ1) is 12.5. The number of hydrogen-bond acceptors (Lipinski definition) is 4. The van der Waals surface area contributed by atoms with Gasteiger partial charge in [0.25, 0.3) is 0 Å². The van der Waals surface area contributed by atoms with Crippen molar-refractivity contribution in [3.8, 4) is 5.75 Å². The summed E-state index contributed by atoms with van der Waals surface area (Å²) in [4.78, 5) is 24.0. The van der Waals surface area contributed by atoms with Crippen molar-refractivity contribution in [2.45, 2.75) is 32.2 Å². The molecule has 7 nitrogen and oxygen atoms in total. The smallest absolute Gasteiger partial charge is 0.225 e. The highest BCUT2D eigenvalue weighted by Crippen LogP contribution is 2.42. The van der Waals surface area contributed by atoms with Gasteiger partial charge in [0, 0.05) is 30.6 Å². The molecular weight excluding hydrogens is 332 g/mol. The lowest BCUT2D eigenvalue weighted by Crippen LogP contribution is -2.24. The summed E-state index contributed by atoms with van der Waals surface area (Å²) in [5.41, 5.74) is 3.11. The Kier molecular flexibility index (Phi) is 5.06. The molecule has 0 bridgehead atoms. The third-order valence-corrected chi connectivity index (χ3v) is 4.38. The summed E-state index contributed by atoms with van der Waals surface area (Å²) in [5.74, 6) is 0.247. The minimum atomic E-state index is -0.123. The number of carbonyl (C=O) groups is 2. The number of hydrogen-bond donors (Lipinski definition) is 2. The Labute approximate surface area is 152 Å². The summed E-state index contributed by atoms with van der Waals surface area (Å²) in [6.45, 7) is 6.10. The molecule has 1 aliphatic rings. The van der Waals surface area contributed by atoms with Crippen LogP contribution >= 0.6 is 0 Å². The van der Waals surface area contributed by atoms with E-state index in [0.717, 1.165) is 11.1 Å². The molecule has 2 aromatic rings. The Morgan fingerprint density at radius 3 is 3.04 bits per heavy atom. The van der Waals surface area contributed by atoms with Crippen LogP contribution in [-0.4, -0.2) is 28.7 Å². The van der Waals surface area contributed by atoms with Gasteiger partial charge in [0.1, 0.15) is 5.75 Å². The van der Waals surface area contributed by atoms with Gasteiger partial charge in [0.05, 0.1) is 25.5 Å². The number of benzene rings is 1. The number of rotatable bonds is 6. The Bertz CT molecular complexity index is 856.